The molecule has 8 atom stereocenters. The van der Waals surface area contributed by atoms with E-state index < -0.39 is 17.2 Å². The molecule has 7 unspecified atom stereocenters. The third kappa shape index (κ3) is 2.60. The zero-order chi connectivity index (χ0) is 20.7. The molecule has 0 bridgehead atoms. The highest BCUT2D eigenvalue weighted by Gasteiger charge is 2.66. The van der Waals surface area contributed by atoms with Crippen molar-refractivity contribution >= 4 is 5.78 Å². The van der Waals surface area contributed by atoms with Crippen molar-refractivity contribution in [3.63, 3.8) is 0 Å². The van der Waals surface area contributed by atoms with Crippen LogP contribution in [-0.4, -0.2) is 22.7 Å². The Labute approximate surface area is 166 Å². The van der Waals surface area contributed by atoms with Crippen molar-refractivity contribution in [1.82, 2.24) is 0 Å². The maximum absolute atomic E-state index is 13.4. The lowest BCUT2D eigenvalue weighted by Gasteiger charge is -2.61. The Kier molecular flexibility index (Phi) is 4.44. The summed E-state index contributed by atoms with van der Waals surface area (Å²) in [5.41, 5.74) is -1.90. The molecule has 0 aliphatic heterocycles. The van der Waals surface area contributed by atoms with Crippen molar-refractivity contribution in [1.29, 1.82) is 0 Å². The molecular weight excluding hydrogens is 365 g/mol. The van der Waals surface area contributed by atoms with E-state index in [9.17, 15) is 23.1 Å². The molecule has 2 nitrogen and oxygen atoms in total. The number of rotatable bonds is 1. The third-order valence-electron chi connectivity index (χ3n) is 9.53. The Balaban J connectivity index is 1.65. The number of carbonyl (C=O) groups excluding carboxylic acids is 1. The summed E-state index contributed by atoms with van der Waals surface area (Å²) >= 11 is 0. The third-order valence-corrected chi connectivity index (χ3v) is 9.53. The summed E-state index contributed by atoms with van der Waals surface area (Å²) in [4.78, 5) is 13.4. The summed E-state index contributed by atoms with van der Waals surface area (Å²) in [5, 5.41) is 10.3. The molecular formula is C23H33F3O2. The van der Waals surface area contributed by atoms with Gasteiger partial charge in [-0.3, -0.25) is 4.79 Å². The number of fused-ring (bicyclic) bond motifs is 5. The van der Waals surface area contributed by atoms with Gasteiger partial charge in [0.05, 0.1) is 0 Å². The van der Waals surface area contributed by atoms with E-state index in [0.29, 0.717) is 24.7 Å². The zero-order valence-electron chi connectivity index (χ0n) is 17.2. The number of hydrogen-bond acceptors (Lipinski definition) is 2. The number of halogens is 3. The van der Waals surface area contributed by atoms with Crippen LogP contribution in [0, 0.1) is 40.4 Å². The first-order valence-electron chi connectivity index (χ1n) is 10.8. The first-order chi connectivity index (χ1) is 12.8. The molecule has 0 amide bonds. The van der Waals surface area contributed by atoms with Gasteiger partial charge in [-0.1, -0.05) is 26.0 Å². The quantitative estimate of drug-likeness (QED) is 0.576. The van der Waals surface area contributed by atoms with E-state index in [2.05, 4.69) is 20.4 Å². The lowest BCUT2D eigenvalue weighted by molar-refractivity contribution is -0.288. The lowest BCUT2D eigenvalue weighted by Crippen LogP contribution is -2.61. The van der Waals surface area contributed by atoms with E-state index in [1.165, 1.54) is 0 Å². The molecule has 0 aromatic rings. The van der Waals surface area contributed by atoms with E-state index in [1.807, 2.05) is 6.92 Å². The van der Waals surface area contributed by atoms with E-state index in [0.717, 1.165) is 24.8 Å². The number of carbonyl (C=O) groups is 1. The first-order valence-corrected chi connectivity index (χ1v) is 10.8. The van der Waals surface area contributed by atoms with Crippen molar-refractivity contribution in [2.75, 3.05) is 0 Å². The van der Waals surface area contributed by atoms with Crippen LogP contribution in [0.15, 0.2) is 12.2 Å². The van der Waals surface area contributed by atoms with Crippen LogP contribution in [-0.2, 0) is 4.79 Å². The van der Waals surface area contributed by atoms with Gasteiger partial charge >= 0.3 is 6.18 Å². The smallest absolute Gasteiger partial charge is 0.380 e. The largest absolute Gasteiger partial charge is 0.417 e. The van der Waals surface area contributed by atoms with E-state index in [4.69, 9.17) is 0 Å². The van der Waals surface area contributed by atoms with E-state index in [1.54, 1.807) is 0 Å². The Hall–Kier alpha value is -0.840. The molecule has 5 heteroatoms. The van der Waals surface area contributed by atoms with E-state index >= 15 is 0 Å². The fourth-order valence-corrected chi connectivity index (χ4v) is 8.13. The number of alkyl halides is 3. The predicted octanol–water partition coefficient (Wildman–Crippen LogP) is 5.69. The molecule has 28 heavy (non-hydrogen) atoms. The Morgan fingerprint density at radius 1 is 1.11 bits per heavy atom. The zero-order valence-corrected chi connectivity index (χ0v) is 17.2. The van der Waals surface area contributed by atoms with Crippen LogP contribution in [0.2, 0.25) is 0 Å². The molecule has 0 heterocycles. The summed E-state index contributed by atoms with van der Waals surface area (Å²) in [6.07, 6.45) is -0.648. The predicted molar refractivity (Wildman–Crippen MR) is 101 cm³/mol. The van der Waals surface area contributed by atoms with Crippen molar-refractivity contribution in [3.8, 4) is 0 Å². The van der Waals surface area contributed by atoms with Crippen molar-refractivity contribution in [2.45, 2.75) is 83.9 Å². The Bertz CT molecular complexity index is 700. The maximum Gasteiger partial charge on any atom is 0.417 e. The van der Waals surface area contributed by atoms with Crippen LogP contribution >= 0.6 is 0 Å². The van der Waals surface area contributed by atoms with Gasteiger partial charge in [-0.05, 0) is 86.4 Å². The van der Waals surface area contributed by atoms with Crippen LogP contribution in [0.3, 0.4) is 0 Å². The summed E-state index contributed by atoms with van der Waals surface area (Å²) in [6, 6.07) is 0. The standard InChI is InChI=1S/C23H33F3O2/c1-13(2)16-7-8-17-15-6-5-14-11-22(28,23(24,25)26)10-9-20(14,3)19(15)18(27)12-21(16,17)4/h14-17,19,28H,1,5-12H2,2-4H3/t14?,15?,16?,17?,19?,20?,21?,22-/m0/s1. The summed E-state index contributed by atoms with van der Waals surface area (Å²) in [7, 11) is 0. The van der Waals surface area contributed by atoms with Crippen molar-refractivity contribution in [3.05, 3.63) is 12.2 Å². The van der Waals surface area contributed by atoms with Crippen molar-refractivity contribution < 1.29 is 23.1 Å². The van der Waals surface area contributed by atoms with Gasteiger partial charge < -0.3 is 5.11 Å². The minimum absolute atomic E-state index is 0.0470. The molecule has 0 aromatic heterocycles. The Morgan fingerprint density at radius 2 is 1.79 bits per heavy atom. The second-order valence-electron chi connectivity index (χ2n) is 10.9. The highest BCUT2D eigenvalue weighted by molar-refractivity contribution is 5.84. The second-order valence-corrected chi connectivity index (χ2v) is 10.9. The molecule has 0 saturated heterocycles. The molecule has 158 valence electrons. The van der Waals surface area contributed by atoms with Gasteiger partial charge in [0.1, 0.15) is 5.78 Å². The van der Waals surface area contributed by atoms with Gasteiger partial charge in [-0.2, -0.15) is 13.2 Å². The molecule has 4 fully saturated rings. The fraction of sp³-hybridized carbons (Fsp3) is 0.870. The molecule has 4 aliphatic carbocycles. The fourth-order valence-electron chi connectivity index (χ4n) is 8.13. The SMILES string of the molecule is C=C(C)C1CCC2C3CCC4C[C@](O)(C(F)(F)F)CCC4(C)C3C(=O)CC12C. The molecule has 1 N–H and O–H groups in total. The molecule has 4 saturated carbocycles. The van der Waals surface area contributed by atoms with Crippen LogP contribution < -0.4 is 0 Å². The second kappa shape index (κ2) is 6.09. The van der Waals surface area contributed by atoms with Gasteiger partial charge in [0.2, 0.25) is 0 Å². The van der Waals surface area contributed by atoms with Crippen LogP contribution in [0.25, 0.3) is 0 Å². The number of ketones is 1. The molecule has 0 radical (unpaired) electrons. The average Bonchev–Trinajstić information content (AvgIpc) is 2.91. The average molecular weight is 399 g/mol. The highest BCUT2D eigenvalue weighted by atomic mass is 19.4. The monoisotopic (exact) mass is 398 g/mol. The summed E-state index contributed by atoms with van der Waals surface area (Å²) < 4.78 is 40.3. The molecule has 4 aliphatic rings. The lowest BCUT2D eigenvalue weighted by atomic mass is 9.43. The normalized spacial score (nSPS) is 51.2. The topological polar surface area (TPSA) is 37.3 Å². The number of hydrogen-bond donors (Lipinski definition) is 1. The van der Waals surface area contributed by atoms with Gasteiger partial charge in [0, 0.05) is 12.3 Å². The van der Waals surface area contributed by atoms with Crippen molar-refractivity contribution in [2.24, 2.45) is 40.4 Å². The molecule has 0 spiro atoms. The minimum Gasteiger partial charge on any atom is -0.380 e. The van der Waals surface area contributed by atoms with Crippen LogP contribution in [0.1, 0.15) is 72.1 Å². The van der Waals surface area contributed by atoms with Crippen LogP contribution in [0.4, 0.5) is 13.2 Å². The summed E-state index contributed by atoms with van der Waals surface area (Å²) in [6.45, 7) is 10.5. The van der Waals surface area contributed by atoms with Gasteiger partial charge in [-0.15, -0.1) is 0 Å². The number of aliphatic hydroxyl groups is 1. The van der Waals surface area contributed by atoms with Gasteiger partial charge in [-0.25, -0.2) is 0 Å². The summed E-state index contributed by atoms with van der Waals surface area (Å²) in [5.74, 6) is 0.968. The van der Waals surface area contributed by atoms with Gasteiger partial charge in [0.15, 0.2) is 5.60 Å². The Morgan fingerprint density at radius 3 is 2.39 bits per heavy atom. The number of allylic oxidation sites excluding steroid dienone is 1. The minimum atomic E-state index is -4.60. The highest BCUT2D eigenvalue weighted by Crippen LogP contribution is 2.68. The van der Waals surface area contributed by atoms with Gasteiger partial charge in [0.25, 0.3) is 0 Å². The number of Topliss-reactive ketones (excluding diaryl/α,β-unsaturated/α-hetero) is 1. The molecule has 4 rings (SSSR count). The maximum atomic E-state index is 13.4. The first kappa shape index (κ1) is 20.4. The van der Waals surface area contributed by atoms with Crippen LogP contribution in [0.5, 0.6) is 0 Å². The molecule has 0 aromatic carbocycles. The van der Waals surface area contributed by atoms with E-state index in [-0.39, 0.29) is 48.2 Å².